The SMILES string of the molecule is Cc1c(O)ccc2c1C13CC[N+](C)(CC4CC4)C(C2)C1(O)CCC(=O)C3O. The fraction of sp³-hybridized carbons (Fsp3) is 0.682. The highest BCUT2D eigenvalue weighted by Crippen LogP contribution is 2.60. The van der Waals surface area contributed by atoms with Crippen molar-refractivity contribution in [3.63, 3.8) is 0 Å². The van der Waals surface area contributed by atoms with Gasteiger partial charge in [-0.3, -0.25) is 4.79 Å². The molecule has 0 radical (unpaired) electrons. The van der Waals surface area contributed by atoms with E-state index in [1.807, 2.05) is 13.0 Å². The maximum absolute atomic E-state index is 12.6. The minimum absolute atomic E-state index is 0.0222. The molecule has 0 spiro atoms. The van der Waals surface area contributed by atoms with Crippen LogP contribution in [0.15, 0.2) is 12.1 Å². The number of Topliss-reactive ketones (excluding diaryl/α,β-unsaturated/α-hetero) is 1. The van der Waals surface area contributed by atoms with Crippen molar-refractivity contribution in [1.29, 1.82) is 0 Å². The number of piperidine rings is 1. The molecule has 1 heterocycles. The quantitative estimate of drug-likeness (QED) is 0.689. The molecule has 0 aromatic heterocycles. The van der Waals surface area contributed by atoms with Gasteiger partial charge in [-0.15, -0.1) is 0 Å². The molecule has 146 valence electrons. The Morgan fingerprint density at radius 1 is 1.26 bits per heavy atom. The molecule has 3 aliphatic carbocycles. The van der Waals surface area contributed by atoms with Crippen molar-refractivity contribution in [3.05, 3.63) is 28.8 Å². The number of fused-ring (bicyclic) bond motifs is 1. The number of ketones is 1. The molecule has 5 nitrogen and oxygen atoms in total. The number of rotatable bonds is 2. The van der Waals surface area contributed by atoms with Gasteiger partial charge in [0.1, 0.15) is 23.5 Å². The van der Waals surface area contributed by atoms with E-state index in [1.54, 1.807) is 6.07 Å². The van der Waals surface area contributed by atoms with Crippen molar-refractivity contribution in [2.24, 2.45) is 5.92 Å². The second kappa shape index (κ2) is 5.34. The molecule has 5 atom stereocenters. The molecule has 2 saturated carbocycles. The Morgan fingerprint density at radius 3 is 2.70 bits per heavy atom. The predicted octanol–water partition coefficient (Wildman–Crippen LogP) is 1.58. The van der Waals surface area contributed by atoms with Crippen LogP contribution in [0, 0.1) is 12.8 Å². The Bertz CT molecular complexity index is 834. The first-order chi connectivity index (χ1) is 12.7. The number of aliphatic hydroxyl groups excluding tert-OH is 1. The van der Waals surface area contributed by atoms with E-state index in [4.69, 9.17) is 0 Å². The number of likely N-dealkylation sites (N-methyl/N-ethyl adjacent to an activating group) is 1. The monoisotopic (exact) mass is 372 g/mol. The summed E-state index contributed by atoms with van der Waals surface area (Å²) < 4.78 is 0.823. The van der Waals surface area contributed by atoms with Gasteiger partial charge in [-0.1, -0.05) is 6.07 Å². The van der Waals surface area contributed by atoms with Crippen LogP contribution in [0.25, 0.3) is 0 Å². The summed E-state index contributed by atoms with van der Waals surface area (Å²) in [6.45, 7) is 3.77. The number of phenols is 1. The van der Waals surface area contributed by atoms with Gasteiger partial charge in [0.05, 0.1) is 25.6 Å². The second-order valence-electron chi connectivity index (χ2n) is 9.81. The number of hydrogen-bond acceptors (Lipinski definition) is 4. The fourth-order valence-corrected chi connectivity index (χ4v) is 6.84. The van der Waals surface area contributed by atoms with Crippen molar-refractivity contribution in [2.75, 3.05) is 20.1 Å². The van der Waals surface area contributed by atoms with Crippen LogP contribution >= 0.6 is 0 Å². The molecule has 1 aromatic carbocycles. The summed E-state index contributed by atoms with van der Waals surface area (Å²) in [5, 5.41) is 33.7. The number of likely N-dealkylation sites (tertiary alicyclic amines) is 1. The standard InChI is InChI=1S/C22H29NO4/c1-13-16(24)6-5-15-11-18-22(27)8-7-17(25)20(26)21(22,19(13)15)9-10-23(18,2)12-14-3-4-14/h5-6,14,18,20,26-27H,3-4,7-12H2,1-2H3/p+1. The van der Waals surface area contributed by atoms with Crippen LogP contribution in [-0.2, 0) is 16.6 Å². The molecule has 5 heteroatoms. The Balaban J connectivity index is 1.75. The van der Waals surface area contributed by atoms with Gasteiger partial charge in [-0.05, 0) is 48.9 Å². The summed E-state index contributed by atoms with van der Waals surface area (Å²) in [5.41, 5.74) is 0.503. The third-order valence-corrected chi connectivity index (χ3v) is 8.37. The molecule has 2 bridgehead atoms. The van der Waals surface area contributed by atoms with Crippen LogP contribution in [0.4, 0.5) is 0 Å². The average Bonchev–Trinajstić information content (AvgIpc) is 3.43. The van der Waals surface area contributed by atoms with E-state index in [0.717, 1.165) is 41.0 Å². The van der Waals surface area contributed by atoms with Gasteiger partial charge in [0.2, 0.25) is 0 Å². The first-order valence-electron chi connectivity index (χ1n) is 10.3. The zero-order valence-corrected chi connectivity index (χ0v) is 16.2. The Morgan fingerprint density at radius 2 is 2.00 bits per heavy atom. The van der Waals surface area contributed by atoms with Crippen molar-refractivity contribution in [1.82, 2.24) is 0 Å². The molecule has 1 aromatic rings. The minimum Gasteiger partial charge on any atom is -0.508 e. The number of phenolic OH excluding ortho intramolecular Hbond substituents is 1. The van der Waals surface area contributed by atoms with E-state index in [9.17, 15) is 20.1 Å². The molecule has 5 unspecified atom stereocenters. The minimum atomic E-state index is -1.20. The highest BCUT2D eigenvalue weighted by atomic mass is 16.3. The van der Waals surface area contributed by atoms with Crippen LogP contribution in [0.3, 0.4) is 0 Å². The zero-order chi connectivity index (χ0) is 19.2. The van der Waals surface area contributed by atoms with Crippen molar-refractivity contribution in [3.8, 4) is 5.75 Å². The summed E-state index contributed by atoms with van der Waals surface area (Å²) >= 11 is 0. The van der Waals surface area contributed by atoms with E-state index in [-0.39, 0.29) is 24.0 Å². The van der Waals surface area contributed by atoms with Crippen LogP contribution in [0.2, 0.25) is 0 Å². The van der Waals surface area contributed by atoms with E-state index in [0.29, 0.717) is 18.4 Å². The molecular weight excluding hydrogens is 342 g/mol. The Kier molecular flexibility index (Phi) is 3.49. The topological polar surface area (TPSA) is 77.8 Å². The molecule has 1 saturated heterocycles. The van der Waals surface area contributed by atoms with Crippen LogP contribution in [0.5, 0.6) is 5.75 Å². The predicted molar refractivity (Wildman–Crippen MR) is 100 cm³/mol. The van der Waals surface area contributed by atoms with Gasteiger partial charge in [0, 0.05) is 25.2 Å². The maximum atomic E-state index is 12.6. The van der Waals surface area contributed by atoms with Gasteiger partial charge in [-0.25, -0.2) is 0 Å². The number of nitrogens with zero attached hydrogens (tertiary/aromatic N) is 1. The average molecular weight is 372 g/mol. The molecule has 3 N–H and O–H groups in total. The molecule has 1 aliphatic heterocycles. The second-order valence-corrected chi connectivity index (χ2v) is 9.81. The summed E-state index contributed by atoms with van der Waals surface area (Å²) in [5.74, 6) is 0.742. The van der Waals surface area contributed by atoms with Gasteiger partial charge >= 0.3 is 0 Å². The van der Waals surface area contributed by atoms with Crippen molar-refractivity contribution in [2.45, 2.75) is 68.6 Å². The van der Waals surface area contributed by atoms with Gasteiger partial charge < -0.3 is 19.8 Å². The van der Waals surface area contributed by atoms with E-state index >= 15 is 0 Å². The van der Waals surface area contributed by atoms with Crippen molar-refractivity contribution >= 4 is 5.78 Å². The first kappa shape index (κ1) is 17.7. The lowest BCUT2D eigenvalue weighted by Gasteiger charge is -2.66. The molecule has 5 rings (SSSR count). The number of aliphatic hydroxyl groups is 2. The first-order valence-corrected chi connectivity index (χ1v) is 10.3. The number of carbonyl (C=O) groups is 1. The van der Waals surface area contributed by atoms with Gasteiger partial charge in [0.25, 0.3) is 0 Å². The van der Waals surface area contributed by atoms with E-state index in [1.165, 1.54) is 12.8 Å². The highest BCUT2D eigenvalue weighted by Gasteiger charge is 2.73. The third-order valence-electron chi connectivity index (χ3n) is 8.37. The number of benzene rings is 1. The highest BCUT2D eigenvalue weighted by molar-refractivity contribution is 5.87. The largest absolute Gasteiger partial charge is 0.508 e. The van der Waals surface area contributed by atoms with Crippen LogP contribution < -0.4 is 0 Å². The normalized spacial score (nSPS) is 43.2. The summed E-state index contributed by atoms with van der Waals surface area (Å²) in [4.78, 5) is 12.6. The maximum Gasteiger partial charge on any atom is 0.162 e. The van der Waals surface area contributed by atoms with Crippen LogP contribution in [0.1, 0.15) is 48.8 Å². The molecule has 0 amide bonds. The van der Waals surface area contributed by atoms with Crippen molar-refractivity contribution < 1.29 is 24.6 Å². The van der Waals surface area contributed by atoms with E-state index in [2.05, 4.69) is 7.05 Å². The zero-order valence-electron chi connectivity index (χ0n) is 16.2. The third kappa shape index (κ3) is 2.08. The van der Waals surface area contributed by atoms with Crippen LogP contribution in [-0.4, -0.2) is 63.5 Å². The number of quaternary nitrogens is 1. The number of hydrogen-bond donors (Lipinski definition) is 3. The lowest BCUT2D eigenvalue weighted by atomic mass is 9.47. The summed E-state index contributed by atoms with van der Waals surface area (Å²) in [6, 6.07) is 3.63. The molecular formula is C22H30NO4+. The molecule has 3 fully saturated rings. The lowest BCUT2D eigenvalue weighted by Crippen LogP contribution is -2.81. The Hall–Kier alpha value is -1.43. The summed E-state index contributed by atoms with van der Waals surface area (Å²) in [6.07, 6.45) is 3.29. The number of carbonyl (C=O) groups excluding carboxylic acids is 1. The smallest absolute Gasteiger partial charge is 0.162 e. The fourth-order valence-electron chi connectivity index (χ4n) is 6.84. The number of aromatic hydroxyl groups is 1. The van der Waals surface area contributed by atoms with Gasteiger partial charge in [0.15, 0.2) is 5.78 Å². The lowest BCUT2D eigenvalue weighted by molar-refractivity contribution is -0.950. The van der Waals surface area contributed by atoms with E-state index < -0.39 is 17.1 Å². The summed E-state index contributed by atoms with van der Waals surface area (Å²) in [7, 11) is 2.26. The molecule has 4 aliphatic rings. The van der Waals surface area contributed by atoms with Gasteiger partial charge in [-0.2, -0.15) is 0 Å². The molecule has 27 heavy (non-hydrogen) atoms. The Labute approximate surface area is 160 Å².